The standard InChI is InChI=1S/C20H25N3O3/c1-14-9-10-18(26-3)16(13-14)11-12-21-19(24)15(2)22-20(25)23-17-7-5-4-6-8-17/h4-10,13,15H,11-12H2,1-3H3,(H,21,24)(H2,22,23,25). The summed E-state index contributed by atoms with van der Waals surface area (Å²) >= 11 is 0. The van der Waals surface area contributed by atoms with E-state index in [0.29, 0.717) is 18.7 Å². The van der Waals surface area contributed by atoms with Crippen molar-refractivity contribution >= 4 is 17.6 Å². The molecule has 0 aliphatic rings. The predicted octanol–water partition coefficient (Wildman–Crippen LogP) is 2.87. The second-order valence-electron chi connectivity index (χ2n) is 6.04. The Hall–Kier alpha value is -3.02. The summed E-state index contributed by atoms with van der Waals surface area (Å²) in [6.07, 6.45) is 0.652. The molecular formula is C20H25N3O3. The summed E-state index contributed by atoms with van der Waals surface area (Å²) in [6, 6.07) is 14.0. The van der Waals surface area contributed by atoms with E-state index in [2.05, 4.69) is 16.0 Å². The van der Waals surface area contributed by atoms with Crippen LogP contribution in [0.2, 0.25) is 0 Å². The number of nitrogens with one attached hydrogen (secondary N) is 3. The monoisotopic (exact) mass is 355 g/mol. The van der Waals surface area contributed by atoms with Crippen LogP contribution in [0.5, 0.6) is 5.75 Å². The summed E-state index contributed by atoms with van der Waals surface area (Å²) in [5, 5.41) is 8.14. The first-order valence-corrected chi connectivity index (χ1v) is 8.53. The maximum atomic E-state index is 12.2. The van der Waals surface area contributed by atoms with Crippen LogP contribution in [0.1, 0.15) is 18.1 Å². The Morgan fingerprint density at radius 1 is 1.12 bits per heavy atom. The predicted molar refractivity (Wildman–Crippen MR) is 103 cm³/mol. The smallest absolute Gasteiger partial charge is 0.319 e. The molecule has 3 amide bonds. The van der Waals surface area contributed by atoms with Crippen LogP contribution < -0.4 is 20.7 Å². The maximum Gasteiger partial charge on any atom is 0.319 e. The van der Waals surface area contributed by atoms with Gasteiger partial charge >= 0.3 is 6.03 Å². The van der Waals surface area contributed by atoms with E-state index >= 15 is 0 Å². The Labute approximate surface area is 153 Å². The minimum absolute atomic E-state index is 0.236. The number of anilines is 1. The van der Waals surface area contributed by atoms with E-state index in [1.165, 1.54) is 0 Å². The first-order valence-electron chi connectivity index (χ1n) is 8.53. The van der Waals surface area contributed by atoms with Crippen LogP contribution in [0.25, 0.3) is 0 Å². The van der Waals surface area contributed by atoms with E-state index in [1.807, 2.05) is 43.3 Å². The van der Waals surface area contributed by atoms with Crippen molar-refractivity contribution in [1.29, 1.82) is 0 Å². The van der Waals surface area contributed by atoms with Crippen LogP contribution in [0.15, 0.2) is 48.5 Å². The van der Waals surface area contributed by atoms with Crippen molar-refractivity contribution < 1.29 is 14.3 Å². The van der Waals surface area contributed by atoms with Crippen LogP contribution in [0, 0.1) is 6.92 Å². The Balaban J connectivity index is 1.78. The number of aryl methyl sites for hydroxylation is 1. The quantitative estimate of drug-likeness (QED) is 0.714. The lowest BCUT2D eigenvalue weighted by atomic mass is 10.1. The van der Waals surface area contributed by atoms with Crippen molar-refractivity contribution in [3.63, 3.8) is 0 Å². The second kappa shape index (κ2) is 9.46. The summed E-state index contributed by atoms with van der Waals surface area (Å²) < 4.78 is 5.34. The van der Waals surface area contributed by atoms with E-state index in [0.717, 1.165) is 16.9 Å². The molecule has 1 unspecified atom stereocenters. The van der Waals surface area contributed by atoms with E-state index in [9.17, 15) is 9.59 Å². The maximum absolute atomic E-state index is 12.2. The van der Waals surface area contributed by atoms with Crippen molar-refractivity contribution in [2.45, 2.75) is 26.3 Å². The number of methoxy groups -OCH3 is 1. The fourth-order valence-electron chi connectivity index (χ4n) is 2.53. The number of benzene rings is 2. The normalized spacial score (nSPS) is 11.3. The summed E-state index contributed by atoms with van der Waals surface area (Å²) in [5.41, 5.74) is 2.85. The van der Waals surface area contributed by atoms with Gasteiger partial charge in [0.05, 0.1) is 7.11 Å². The number of hydrogen-bond acceptors (Lipinski definition) is 3. The minimum atomic E-state index is -0.641. The van der Waals surface area contributed by atoms with E-state index in [4.69, 9.17) is 4.74 Å². The van der Waals surface area contributed by atoms with Crippen molar-refractivity contribution in [2.24, 2.45) is 0 Å². The third-order valence-electron chi connectivity index (χ3n) is 3.90. The number of para-hydroxylation sites is 1. The van der Waals surface area contributed by atoms with Crippen molar-refractivity contribution in [2.75, 3.05) is 19.0 Å². The summed E-state index contributed by atoms with van der Waals surface area (Å²) in [4.78, 5) is 24.1. The second-order valence-corrected chi connectivity index (χ2v) is 6.04. The third kappa shape index (κ3) is 5.81. The van der Waals surface area contributed by atoms with E-state index in [-0.39, 0.29) is 5.91 Å². The van der Waals surface area contributed by atoms with Crippen LogP contribution >= 0.6 is 0 Å². The molecule has 2 aromatic carbocycles. The number of carbonyl (C=O) groups excluding carboxylic acids is 2. The summed E-state index contributed by atoms with van der Waals surface area (Å²) in [5.74, 6) is 0.568. The molecule has 26 heavy (non-hydrogen) atoms. The Kier molecular flexibility index (Phi) is 7.02. The first-order chi connectivity index (χ1) is 12.5. The van der Waals surface area contributed by atoms with E-state index in [1.54, 1.807) is 26.2 Å². The highest BCUT2D eigenvalue weighted by Gasteiger charge is 2.15. The van der Waals surface area contributed by atoms with Crippen LogP contribution in [0.4, 0.5) is 10.5 Å². The van der Waals surface area contributed by atoms with Gasteiger partial charge in [0.1, 0.15) is 11.8 Å². The highest BCUT2D eigenvalue weighted by atomic mass is 16.5. The topological polar surface area (TPSA) is 79.5 Å². The minimum Gasteiger partial charge on any atom is -0.496 e. The Morgan fingerprint density at radius 2 is 1.85 bits per heavy atom. The average molecular weight is 355 g/mol. The average Bonchev–Trinajstić information content (AvgIpc) is 2.62. The van der Waals surface area contributed by atoms with Gasteiger partial charge in [-0.25, -0.2) is 4.79 Å². The molecule has 0 saturated heterocycles. The molecular weight excluding hydrogens is 330 g/mol. The molecule has 0 radical (unpaired) electrons. The molecule has 0 aliphatic carbocycles. The molecule has 2 rings (SSSR count). The van der Waals surface area contributed by atoms with Gasteiger partial charge in [-0.15, -0.1) is 0 Å². The number of urea groups is 1. The van der Waals surface area contributed by atoms with Gasteiger partial charge < -0.3 is 20.7 Å². The zero-order valence-electron chi connectivity index (χ0n) is 15.3. The van der Waals surface area contributed by atoms with Crippen LogP contribution in [-0.2, 0) is 11.2 Å². The van der Waals surface area contributed by atoms with E-state index < -0.39 is 12.1 Å². The fourth-order valence-corrected chi connectivity index (χ4v) is 2.53. The summed E-state index contributed by atoms with van der Waals surface area (Å²) in [6.45, 7) is 4.12. The molecule has 6 heteroatoms. The SMILES string of the molecule is COc1ccc(C)cc1CCNC(=O)C(C)NC(=O)Nc1ccccc1. The summed E-state index contributed by atoms with van der Waals surface area (Å²) in [7, 11) is 1.63. The molecule has 0 saturated carbocycles. The third-order valence-corrected chi connectivity index (χ3v) is 3.90. The molecule has 138 valence electrons. The number of amides is 3. The zero-order valence-corrected chi connectivity index (χ0v) is 15.3. The lowest BCUT2D eigenvalue weighted by molar-refractivity contribution is -0.122. The van der Waals surface area contributed by atoms with Crippen molar-refractivity contribution in [3.8, 4) is 5.75 Å². The lowest BCUT2D eigenvalue weighted by Gasteiger charge is -2.15. The zero-order chi connectivity index (χ0) is 18.9. The Bertz CT molecular complexity index is 747. The number of rotatable bonds is 7. The molecule has 0 heterocycles. The largest absolute Gasteiger partial charge is 0.496 e. The molecule has 0 aliphatic heterocycles. The number of hydrogen-bond donors (Lipinski definition) is 3. The molecule has 0 bridgehead atoms. The molecule has 3 N–H and O–H groups in total. The number of carbonyl (C=O) groups is 2. The van der Waals surface area contributed by atoms with Gasteiger partial charge in [-0.1, -0.05) is 35.9 Å². The van der Waals surface area contributed by atoms with Gasteiger partial charge in [0.2, 0.25) is 5.91 Å². The fraction of sp³-hybridized carbons (Fsp3) is 0.300. The van der Waals surface area contributed by atoms with Crippen molar-refractivity contribution in [1.82, 2.24) is 10.6 Å². The molecule has 0 spiro atoms. The molecule has 1 atom stereocenters. The highest BCUT2D eigenvalue weighted by Crippen LogP contribution is 2.19. The van der Waals surface area contributed by atoms with Crippen LogP contribution in [-0.4, -0.2) is 31.6 Å². The Morgan fingerprint density at radius 3 is 2.54 bits per heavy atom. The van der Waals surface area contributed by atoms with Gasteiger partial charge in [0.15, 0.2) is 0 Å². The lowest BCUT2D eigenvalue weighted by Crippen LogP contribution is -2.46. The van der Waals surface area contributed by atoms with Gasteiger partial charge in [-0.05, 0) is 44.0 Å². The first kappa shape index (κ1) is 19.3. The molecule has 2 aromatic rings. The van der Waals surface area contributed by atoms with Crippen LogP contribution in [0.3, 0.4) is 0 Å². The van der Waals surface area contributed by atoms with Gasteiger partial charge in [0, 0.05) is 12.2 Å². The number of ether oxygens (including phenoxy) is 1. The van der Waals surface area contributed by atoms with Gasteiger partial charge in [0.25, 0.3) is 0 Å². The molecule has 0 aromatic heterocycles. The van der Waals surface area contributed by atoms with Crippen molar-refractivity contribution in [3.05, 3.63) is 59.7 Å². The molecule has 6 nitrogen and oxygen atoms in total. The molecule has 0 fully saturated rings. The van der Waals surface area contributed by atoms with Gasteiger partial charge in [-0.2, -0.15) is 0 Å². The van der Waals surface area contributed by atoms with Gasteiger partial charge in [-0.3, -0.25) is 4.79 Å². The highest BCUT2D eigenvalue weighted by molar-refractivity contribution is 5.93.